The Hall–Kier alpha value is -1.36. The van der Waals surface area contributed by atoms with Gasteiger partial charge in [-0.15, -0.1) is 11.3 Å². The minimum atomic E-state index is -0.124. The van der Waals surface area contributed by atoms with Gasteiger partial charge in [0.15, 0.2) is 0 Å². The molecule has 2 rings (SSSR count). The number of piperidine rings is 1. The second-order valence-corrected chi connectivity index (χ2v) is 5.82. The molecule has 1 fully saturated rings. The third-order valence-corrected chi connectivity index (χ3v) is 4.40. The molecule has 0 radical (unpaired) electrons. The number of nitrogens with zero attached hydrogens (tertiary/aromatic N) is 2. The van der Waals surface area contributed by atoms with E-state index in [-0.39, 0.29) is 23.8 Å². The molecule has 1 aliphatic heterocycles. The molecule has 0 N–H and O–H groups in total. The predicted octanol–water partition coefficient (Wildman–Crippen LogP) is 1.75. The zero-order valence-electron chi connectivity index (χ0n) is 10.9. The van der Waals surface area contributed by atoms with Crippen molar-refractivity contribution >= 4 is 23.2 Å². The highest BCUT2D eigenvalue weighted by Crippen LogP contribution is 2.38. The SMILES string of the molecule is CN(C)C(=O)C1CCC(=O)N(C)C1c1cccs1. The van der Waals surface area contributed by atoms with E-state index < -0.39 is 0 Å². The zero-order valence-corrected chi connectivity index (χ0v) is 11.7. The van der Waals surface area contributed by atoms with Gasteiger partial charge in [0.1, 0.15) is 0 Å². The molecule has 0 spiro atoms. The average Bonchev–Trinajstić information content (AvgIpc) is 2.84. The first-order chi connectivity index (χ1) is 8.52. The van der Waals surface area contributed by atoms with Crippen LogP contribution in [0.4, 0.5) is 0 Å². The molecule has 1 aromatic heterocycles. The van der Waals surface area contributed by atoms with Gasteiger partial charge >= 0.3 is 0 Å². The predicted molar refractivity (Wildman–Crippen MR) is 71.2 cm³/mol. The Balaban J connectivity index is 2.33. The Morgan fingerprint density at radius 2 is 2.22 bits per heavy atom. The molecular weight excluding hydrogens is 248 g/mol. The Bertz CT molecular complexity index is 442. The van der Waals surface area contributed by atoms with Gasteiger partial charge in [0, 0.05) is 32.4 Å². The number of likely N-dealkylation sites (tertiary alicyclic amines) is 1. The molecule has 2 amide bonds. The van der Waals surface area contributed by atoms with E-state index >= 15 is 0 Å². The summed E-state index contributed by atoms with van der Waals surface area (Å²) in [4.78, 5) is 28.5. The number of rotatable bonds is 2. The molecule has 18 heavy (non-hydrogen) atoms. The molecular formula is C13H18N2O2S. The van der Waals surface area contributed by atoms with Gasteiger partial charge in [-0.2, -0.15) is 0 Å². The number of hydrogen-bond donors (Lipinski definition) is 0. The molecule has 2 heterocycles. The first-order valence-corrected chi connectivity index (χ1v) is 6.90. The minimum absolute atomic E-state index is 0.104. The summed E-state index contributed by atoms with van der Waals surface area (Å²) in [6.07, 6.45) is 1.10. The van der Waals surface area contributed by atoms with Gasteiger partial charge in [-0.3, -0.25) is 9.59 Å². The maximum Gasteiger partial charge on any atom is 0.227 e. The van der Waals surface area contributed by atoms with E-state index in [2.05, 4.69) is 0 Å². The van der Waals surface area contributed by atoms with Crippen molar-refractivity contribution in [3.05, 3.63) is 22.4 Å². The fourth-order valence-electron chi connectivity index (χ4n) is 2.48. The second kappa shape index (κ2) is 5.10. The monoisotopic (exact) mass is 266 g/mol. The highest BCUT2D eigenvalue weighted by atomic mass is 32.1. The fourth-order valence-corrected chi connectivity index (χ4v) is 3.41. The molecule has 2 unspecified atom stereocenters. The van der Waals surface area contributed by atoms with Crippen LogP contribution in [0.5, 0.6) is 0 Å². The van der Waals surface area contributed by atoms with Crippen LogP contribution >= 0.6 is 11.3 Å². The second-order valence-electron chi connectivity index (χ2n) is 4.84. The van der Waals surface area contributed by atoms with Gasteiger partial charge in [-0.1, -0.05) is 6.07 Å². The largest absolute Gasteiger partial charge is 0.349 e. The molecule has 1 aromatic rings. The van der Waals surface area contributed by atoms with E-state index in [0.29, 0.717) is 12.8 Å². The van der Waals surface area contributed by atoms with Crippen LogP contribution in [-0.4, -0.2) is 42.8 Å². The maximum atomic E-state index is 12.2. The first kappa shape index (κ1) is 13.1. The Morgan fingerprint density at radius 3 is 2.78 bits per heavy atom. The van der Waals surface area contributed by atoms with Crippen LogP contribution in [0.2, 0.25) is 0 Å². The molecule has 1 aliphatic rings. The molecule has 5 heteroatoms. The molecule has 1 saturated heterocycles. The van der Waals surface area contributed by atoms with Crippen LogP contribution in [-0.2, 0) is 9.59 Å². The average molecular weight is 266 g/mol. The summed E-state index contributed by atoms with van der Waals surface area (Å²) in [5, 5.41) is 1.99. The fraction of sp³-hybridized carbons (Fsp3) is 0.538. The Kier molecular flexibility index (Phi) is 3.71. The lowest BCUT2D eigenvalue weighted by molar-refractivity contribution is -0.145. The van der Waals surface area contributed by atoms with Crippen molar-refractivity contribution in [1.82, 2.24) is 9.80 Å². The van der Waals surface area contributed by atoms with E-state index in [1.165, 1.54) is 0 Å². The Morgan fingerprint density at radius 1 is 1.50 bits per heavy atom. The standard InChI is InChI=1S/C13H18N2O2S/c1-14(2)13(17)9-6-7-11(16)15(3)12(9)10-5-4-8-18-10/h4-5,8-9,12H,6-7H2,1-3H3. The summed E-state index contributed by atoms with van der Waals surface area (Å²) in [7, 11) is 5.33. The van der Waals surface area contributed by atoms with Crippen molar-refractivity contribution < 1.29 is 9.59 Å². The molecule has 98 valence electrons. The number of amides is 2. The van der Waals surface area contributed by atoms with Gasteiger partial charge < -0.3 is 9.80 Å². The third-order valence-electron chi connectivity index (χ3n) is 3.45. The molecule has 0 bridgehead atoms. The molecule has 4 nitrogen and oxygen atoms in total. The van der Waals surface area contributed by atoms with Gasteiger partial charge in [0.05, 0.1) is 12.0 Å². The number of thiophene rings is 1. The first-order valence-electron chi connectivity index (χ1n) is 6.02. The number of carbonyl (C=O) groups is 2. The Labute approximate surface area is 111 Å². The number of carbonyl (C=O) groups excluding carboxylic acids is 2. The quantitative estimate of drug-likeness (QED) is 0.818. The highest BCUT2D eigenvalue weighted by Gasteiger charge is 2.39. The summed E-state index contributed by atoms with van der Waals surface area (Å²) in [6.45, 7) is 0. The zero-order chi connectivity index (χ0) is 13.3. The van der Waals surface area contributed by atoms with Crippen LogP contribution in [0.1, 0.15) is 23.8 Å². The normalized spacial score (nSPS) is 24.2. The van der Waals surface area contributed by atoms with Crippen LogP contribution < -0.4 is 0 Å². The summed E-state index contributed by atoms with van der Waals surface area (Å²) in [5.41, 5.74) is 0. The lowest BCUT2D eigenvalue weighted by Crippen LogP contribution is -2.45. The van der Waals surface area contributed by atoms with Gasteiger partial charge in [-0.25, -0.2) is 0 Å². The molecule has 2 atom stereocenters. The van der Waals surface area contributed by atoms with E-state index in [1.807, 2.05) is 17.5 Å². The van der Waals surface area contributed by atoms with Crippen LogP contribution in [0.3, 0.4) is 0 Å². The van der Waals surface area contributed by atoms with Gasteiger partial charge in [-0.05, 0) is 17.9 Å². The summed E-state index contributed by atoms with van der Waals surface area (Å²) < 4.78 is 0. The van der Waals surface area contributed by atoms with E-state index in [9.17, 15) is 9.59 Å². The summed E-state index contributed by atoms with van der Waals surface area (Å²) >= 11 is 1.60. The van der Waals surface area contributed by atoms with Crippen LogP contribution in [0, 0.1) is 5.92 Å². The molecule has 0 aliphatic carbocycles. The summed E-state index contributed by atoms with van der Waals surface area (Å²) in [6, 6.07) is 3.85. The topological polar surface area (TPSA) is 40.6 Å². The van der Waals surface area contributed by atoms with E-state index in [0.717, 1.165) is 4.88 Å². The van der Waals surface area contributed by atoms with Crippen molar-refractivity contribution in [2.45, 2.75) is 18.9 Å². The maximum absolute atomic E-state index is 12.2. The lowest BCUT2D eigenvalue weighted by Gasteiger charge is -2.38. The third kappa shape index (κ3) is 2.27. The van der Waals surface area contributed by atoms with Gasteiger partial charge in [0.2, 0.25) is 11.8 Å². The molecule has 0 saturated carbocycles. The van der Waals surface area contributed by atoms with Crippen molar-refractivity contribution in [2.75, 3.05) is 21.1 Å². The van der Waals surface area contributed by atoms with Crippen molar-refractivity contribution in [1.29, 1.82) is 0 Å². The minimum Gasteiger partial charge on any atom is -0.349 e. The van der Waals surface area contributed by atoms with Crippen molar-refractivity contribution in [3.8, 4) is 0 Å². The summed E-state index contributed by atoms with van der Waals surface area (Å²) in [5.74, 6) is 0.102. The van der Waals surface area contributed by atoms with E-state index in [4.69, 9.17) is 0 Å². The highest BCUT2D eigenvalue weighted by molar-refractivity contribution is 7.10. The van der Waals surface area contributed by atoms with Crippen molar-refractivity contribution in [2.24, 2.45) is 5.92 Å². The number of hydrogen-bond acceptors (Lipinski definition) is 3. The van der Waals surface area contributed by atoms with Crippen LogP contribution in [0.15, 0.2) is 17.5 Å². The van der Waals surface area contributed by atoms with Crippen LogP contribution in [0.25, 0.3) is 0 Å². The molecule has 0 aromatic carbocycles. The van der Waals surface area contributed by atoms with Gasteiger partial charge in [0.25, 0.3) is 0 Å². The van der Waals surface area contributed by atoms with E-state index in [1.54, 1.807) is 42.3 Å². The lowest BCUT2D eigenvalue weighted by atomic mass is 9.87. The van der Waals surface area contributed by atoms with Crippen molar-refractivity contribution in [3.63, 3.8) is 0 Å². The smallest absolute Gasteiger partial charge is 0.227 e.